The number of nitrogens with one attached hydrogen (secondary N) is 1. The van der Waals surface area contributed by atoms with Crippen LogP contribution in [0.25, 0.3) is 10.8 Å². The molecule has 0 bridgehead atoms. The Kier molecular flexibility index (Phi) is 4.69. The highest BCUT2D eigenvalue weighted by molar-refractivity contribution is 7.14. The molecule has 5 nitrogen and oxygen atoms in total. The van der Waals surface area contributed by atoms with Gasteiger partial charge < -0.3 is 15.8 Å². The summed E-state index contributed by atoms with van der Waals surface area (Å²) in [4.78, 5) is 23.3. The number of benzene rings is 2. The second kappa shape index (κ2) is 6.90. The fourth-order valence-corrected chi connectivity index (χ4v) is 3.30. The van der Waals surface area contributed by atoms with Crippen molar-refractivity contribution in [2.45, 2.75) is 0 Å². The van der Waals surface area contributed by atoms with Crippen LogP contribution in [0.2, 0.25) is 5.02 Å². The highest BCUT2D eigenvalue weighted by atomic mass is 35.5. The van der Waals surface area contributed by atoms with Gasteiger partial charge in [-0.1, -0.05) is 35.9 Å². The zero-order valence-corrected chi connectivity index (χ0v) is 14.0. The maximum absolute atomic E-state index is 12.1. The molecule has 0 unspecified atom stereocenters. The standard InChI is InChI=1S/C17H13ClN2O3S/c18-13-5-6-14(11-4-2-1-3-10(11)13)23-9-15(21)20-17-12(16(19)22)7-8-24-17/h1-8H,9H2,(H2,19,22)(H,20,21). The van der Waals surface area contributed by atoms with Gasteiger partial charge >= 0.3 is 0 Å². The van der Waals surface area contributed by atoms with Gasteiger partial charge in [0, 0.05) is 15.8 Å². The van der Waals surface area contributed by atoms with Gasteiger partial charge in [0.15, 0.2) is 6.61 Å². The van der Waals surface area contributed by atoms with Gasteiger partial charge in [-0.25, -0.2) is 0 Å². The van der Waals surface area contributed by atoms with Crippen molar-refractivity contribution in [1.29, 1.82) is 0 Å². The lowest BCUT2D eigenvalue weighted by Crippen LogP contribution is -2.21. The number of amides is 2. The Bertz CT molecular complexity index is 923. The SMILES string of the molecule is NC(=O)c1ccsc1NC(=O)COc1ccc(Cl)c2ccccc12. The second-order valence-electron chi connectivity index (χ2n) is 4.96. The van der Waals surface area contributed by atoms with Crippen LogP contribution in [0.3, 0.4) is 0 Å². The number of carbonyl (C=O) groups is 2. The lowest BCUT2D eigenvalue weighted by molar-refractivity contribution is -0.118. The molecule has 0 fully saturated rings. The molecule has 2 amide bonds. The van der Waals surface area contributed by atoms with Crippen molar-refractivity contribution in [2.75, 3.05) is 11.9 Å². The van der Waals surface area contributed by atoms with Crippen LogP contribution < -0.4 is 15.8 Å². The monoisotopic (exact) mass is 360 g/mol. The van der Waals surface area contributed by atoms with E-state index in [0.717, 1.165) is 10.8 Å². The van der Waals surface area contributed by atoms with Crippen molar-refractivity contribution in [3.8, 4) is 5.75 Å². The summed E-state index contributed by atoms with van der Waals surface area (Å²) in [6, 6.07) is 12.5. The summed E-state index contributed by atoms with van der Waals surface area (Å²) >= 11 is 7.38. The molecule has 3 N–H and O–H groups in total. The minimum atomic E-state index is -0.587. The van der Waals surface area contributed by atoms with Crippen molar-refractivity contribution in [1.82, 2.24) is 0 Å². The Balaban J connectivity index is 1.72. The number of hydrogen-bond donors (Lipinski definition) is 2. The van der Waals surface area contributed by atoms with Crippen LogP contribution in [-0.4, -0.2) is 18.4 Å². The Morgan fingerprint density at radius 3 is 2.62 bits per heavy atom. The molecule has 1 heterocycles. The summed E-state index contributed by atoms with van der Waals surface area (Å²) in [6.07, 6.45) is 0. The molecular weight excluding hydrogens is 348 g/mol. The summed E-state index contributed by atoms with van der Waals surface area (Å²) in [7, 11) is 0. The lowest BCUT2D eigenvalue weighted by atomic mass is 10.1. The third-order valence-corrected chi connectivity index (χ3v) is 4.53. The number of thiophene rings is 1. The summed E-state index contributed by atoms with van der Waals surface area (Å²) in [5.41, 5.74) is 5.53. The minimum Gasteiger partial charge on any atom is -0.483 e. The molecule has 0 atom stereocenters. The van der Waals surface area contributed by atoms with Gasteiger partial charge in [0.25, 0.3) is 11.8 Å². The van der Waals surface area contributed by atoms with Crippen LogP contribution >= 0.6 is 22.9 Å². The van der Waals surface area contributed by atoms with E-state index in [2.05, 4.69) is 5.32 Å². The number of halogens is 1. The Labute approximate surface area is 147 Å². The van der Waals surface area contributed by atoms with E-state index in [1.165, 1.54) is 11.3 Å². The molecule has 0 aliphatic carbocycles. The van der Waals surface area contributed by atoms with Gasteiger partial charge in [0.1, 0.15) is 10.8 Å². The Morgan fingerprint density at radius 1 is 1.12 bits per heavy atom. The number of primary amides is 1. The molecular formula is C17H13ClN2O3S. The molecule has 3 aromatic rings. The third-order valence-electron chi connectivity index (χ3n) is 3.37. The van der Waals surface area contributed by atoms with Crippen molar-refractivity contribution in [3.63, 3.8) is 0 Å². The molecule has 7 heteroatoms. The average Bonchev–Trinajstić information content (AvgIpc) is 3.03. The van der Waals surface area contributed by atoms with Crippen LogP contribution in [0.1, 0.15) is 10.4 Å². The van der Waals surface area contributed by atoms with Gasteiger partial charge in [0.2, 0.25) is 0 Å². The molecule has 3 rings (SSSR count). The quantitative estimate of drug-likeness (QED) is 0.728. The molecule has 122 valence electrons. The molecule has 0 saturated heterocycles. The van der Waals surface area contributed by atoms with Crippen molar-refractivity contribution >= 4 is 50.5 Å². The first-order valence-electron chi connectivity index (χ1n) is 7.03. The fourth-order valence-electron chi connectivity index (χ4n) is 2.27. The van der Waals surface area contributed by atoms with Crippen molar-refractivity contribution in [3.05, 3.63) is 58.4 Å². The van der Waals surface area contributed by atoms with E-state index in [1.54, 1.807) is 23.6 Å². The maximum atomic E-state index is 12.1. The number of hydrogen-bond acceptors (Lipinski definition) is 4. The van der Waals surface area contributed by atoms with E-state index in [-0.39, 0.29) is 18.1 Å². The minimum absolute atomic E-state index is 0.193. The maximum Gasteiger partial charge on any atom is 0.262 e. The smallest absolute Gasteiger partial charge is 0.262 e. The summed E-state index contributed by atoms with van der Waals surface area (Å²) in [5.74, 6) is -0.401. The zero-order chi connectivity index (χ0) is 17.1. The third kappa shape index (κ3) is 3.34. The number of rotatable bonds is 5. The number of fused-ring (bicyclic) bond motifs is 1. The molecule has 1 aromatic heterocycles. The number of nitrogens with two attached hydrogens (primary N) is 1. The van der Waals surface area contributed by atoms with E-state index in [9.17, 15) is 9.59 Å². The van der Waals surface area contributed by atoms with Crippen LogP contribution in [-0.2, 0) is 4.79 Å². The first-order chi connectivity index (χ1) is 11.6. The number of anilines is 1. The van der Waals surface area contributed by atoms with Crippen LogP contribution in [0.15, 0.2) is 47.8 Å². The Hall–Kier alpha value is -2.57. The van der Waals surface area contributed by atoms with Crippen LogP contribution in [0, 0.1) is 0 Å². The van der Waals surface area contributed by atoms with Crippen LogP contribution in [0.5, 0.6) is 5.75 Å². The van der Waals surface area contributed by atoms with E-state index < -0.39 is 5.91 Å². The van der Waals surface area contributed by atoms with Gasteiger partial charge in [-0.15, -0.1) is 11.3 Å². The fraction of sp³-hybridized carbons (Fsp3) is 0.0588. The predicted molar refractivity (Wildman–Crippen MR) is 95.9 cm³/mol. The van der Waals surface area contributed by atoms with Crippen LogP contribution in [0.4, 0.5) is 5.00 Å². The summed E-state index contributed by atoms with van der Waals surface area (Å²) in [6.45, 7) is -0.193. The van der Waals surface area contributed by atoms with E-state index in [1.807, 2.05) is 24.3 Å². The molecule has 0 saturated carbocycles. The lowest BCUT2D eigenvalue weighted by Gasteiger charge is -2.10. The highest BCUT2D eigenvalue weighted by Gasteiger charge is 2.13. The molecule has 2 aromatic carbocycles. The average molecular weight is 361 g/mol. The van der Waals surface area contributed by atoms with E-state index in [0.29, 0.717) is 15.8 Å². The predicted octanol–water partition coefficient (Wildman–Crippen LogP) is 3.67. The van der Waals surface area contributed by atoms with Gasteiger partial charge in [-0.2, -0.15) is 0 Å². The first-order valence-corrected chi connectivity index (χ1v) is 8.29. The molecule has 0 aliphatic rings. The van der Waals surface area contributed by atoms with Gasteiger partial charge in [-0.05, 0) is 23.6 Å². The van der Waals surface area contributed by atoms with Crippen molar-refractivity contribution < 1.29 is 14.3 Å². The summed E-state index contributed by atoms with van der Waals surface area (Å²) in [5, 5.41) is 7.02. The molecule has 24 heavy (non-hydrogen) atoms. The number of ether oxygens (including phenoxy) is 1. The van der Waals surface area contributed by atoms with Gasteiger partial charge in [0.05, 0.1) is 5.56 Å². The number of carbonyl (C=O) groups excluding carboxylic acids is 2. The van der Waals surface area contributed by atoms with E-state index >= 15 is 0 Å². The van der Waals surface area contributed by atoms with E-state index in [4.69, 9.17) is 22.1 Å². The van der Waals surface area contributed by atoms with Crippen molar-refractivity contribution in [2.24, 2.45) is 5.73 Å². The van der Waals surface area contributed by atoms with Gasteiger partial charge in [-0.3, -0.25) is 9.59 Å². The molecule has 0 aliphatic heterocycles. The topological polar surface area (TPSA) is 81.4 Å². The Morgan fingerprint density at radius 2 is 1.88 bits per heavy atom. The normalized spacial score (nSPS) is 10.5. The molecule has 0 spiro atoms. The highest BCUT2D eigenvalue weighted by Crippen LogP contribution is 2.31. The first kappa shape index (κ1) is 16.3. The zero-order valence-electron chi connectivity index (χ0n) is 12.4. The second-order valence-corrected chi connectivity index (χ2v) is 6.28. The largest absolute Gasteiger partial charge is 0.483 e. The molecule has 0 radical (unpaired) electrons. The summed E-state index contributed by atoms with van der Waals surface area (Å²) < 4.78 is 5.60.